The number of nitrogens with one attached hydrogen (secondary N) is 1. The van der Waals surface area contributed by atoms with Crippen LogP contribution in [0, 0.1) is 6.92 Å². The zero-order valence-corrected chi connectivity index (χ0v) is 14.6. The van der Waals surface area contributed by atoms with Gasteiger partial charge in [-0.15, -0.1) is 0 Å². The fourth-order valence-electron chi connectivity index (χ4n) is 2.84. The molecule has 0 aliphatic carbocycles. The number of benzene rings is 2. The largest absolute Gasteiger partial charge is 0.451 e. The molecule has 3 rings (SSSR count). The van der Waals surface area contributed by atoms with Gasteiger partial charge in [0.15, 0.2) is 5.76 Å². The number of amides is 1. The average Bonchev–Trinajstić information content (AvgIpc) is 2.91. The summed E-state index contributed by atoms with van der Waals surface area (Å²) in [4.78, 5) is 12.6. The van der Waals surface area contributed by atoms with Gasteiger partial charge in [-0.1, -0.05) is 39.0 Å². The van der Waals surface area contributed by atoms with Crippen LogP contribution in [0.3, 0.4) is 0 Å². The van der Waals surface area contributed by atoms with Gasteiger partial charge in [0, 0.05) is 16.6 Å². The van der Waals surface area contributed by atoms with Crippen molar-refractivity contribution in [1.82, 2.24) is 0 Å². The third-order valence-electron chi connectivity index (χ3n) is 4.45. The van der Waals surface area contributed by atoms with Gasteiger partial charge in [-0.3, -0.25) is 4.79 Å². The maximum Gasteiger partial charge on any atom is 0.291 e. The Balaban J connectivity index is 1.87. The Morgan fingerprint density at radius 2 is 1.83 bits per heavy atom. The van der Waals surface area contributed by atoms with E-state index in [0.29, 0.717) is 11.7 Å². The van der Waals surface area contributed by atoms with Gasteiger partial charge in [-0.05, 0) is 54.7 Å². The Hall–Kier alpha value is -2.55. The van der Waals surface area contributed by atoms with Crippen molar-refractivity contribution in [1.29, 1.82) is 0 Å². The molecule has 1 amide bonds. The highest BCUT2D eigenvalue weighted by Crippen LogP contribution is 2.27. The zero-order chi connectivity index (χ0) is 17.3. The highest BCUT2D eigenvalue weighted by Gasteiger charge is 2.18. The Kier molecular flexibility index (Phi) is 4.43. The molecular weight excluding hydrogens is 298 g/mol. The molecule has 0 radical (unpaired) electrons. The minimum absolute atomic E-state index is 0.209. The summed E-state index contributed by atoms with van der Waals surface area (Å²) in [5.74, 6) is 0.644. The van der Waals surface area contributed by atoms with E-state index in [0.717, 1.165) is 28.6 Å². The number of furan rings is 1. The second kappa shape index (κ2) is 6.52. The molecule has 0 fully saturated rings. The van der Waals surface area contributed by atoms with Crippen LogP contribution in [0.1, 0.15) is 53.9 Å². The maximum atomic E-state index is 12.6. The SMILES string of the molecule is CCc1ccc2oc(C(=O)Nc3ccc(C(C)C)cc3)c(C)c2c1. The molecule has 1 heterocycles. The van der Waals surface area contributed by atoms with Crippen molar-refractivity contribution < 1.29 is 9.21 Å². The summed E-state index contributed by atoms with van der Waals surface area (Å²) in [6, 6.07) is 14.0. The van der Waals surface area contributed by atoms with Crippen LogP contribution in [-0.4, -0.2) is 5.91 Å². The number of rotatable bonds is 4. The van der Waals surface area contributed by atoms with Gasteiger partial charge in [0.2, 0.25) is 0 Å². The molecule has 0 saturated heterocycles. The van der Waals surface area contributed by atoms with Crippen molar-refractivity contribution in [3.05, 3.63) is 64.9 Å². The van der Waals surface area contributed by atoms with Crippen LogP contribution >= 0.6 is 0 Å². The van der Waals surface area contributed by atoms with Crippen LogP contribution in [0.25, 0.3) is 11.0 Å². The average molecular weight is 321 g/mol. The first kappa shape index (κ1) is 16.3. The third-order valence-corrected chi connectivity index (χ3v) is 4.45. The third kappa shape index (κ3) is 3.07. The summed E-state index contributed by atoms with van der Waals surface area (Å²) in [7, 11) is 0. The van der Waals surface area contributed by atoms with Gasteiger partial charge in [-0.2, -0.15) is 0 Å². The molecule has 2 aromatic carbocycles. The lowest BCUT2D eigenvalue weighted by Crippen LogP contribution is -2.12. The monoisotopic (exact) mass is 321 g/mol. The first-order valence-corrected chi connectivity index (χ1v) is 8.43. The smallest absolute Gasteiger partial charge is 0.291 e. The summed E-state index contributed by atoms with van der Waals surface area (Å²) >= 11 is 0. The second-order valence-corrected chi connectivity index (χ2v) is 6.47. The van der Waals surface area contributed by atoms with Crippen LogP contribution in [0.4, 0.5) is 5.69 Å². The summed E-state index contributed by atoms with van der Waals surface area (Å²) in [5.41, 5.74) is 4.91. The fourth-order valence-corrected chi connectivity index (χ4v) is 2.84. The first-order chi connectivity index (χ1) is 11.5. The number of carbonyl (C=O) groups is 1. The van der Waals surface area contributed by atoms with E-state index in [9.17, 15) is 4.79 Å². The van der Waals surface area contributed by atoms with E-state index in [1.807, 2.05) is 43.3 Å². The second-order valence-electron chi connectivity index (χ2n) is 6.47. The molecule has 1 aromatic heterocycles. The number of hydrogen-bond donors (Lipinski definition) is 1. The van der Waals surface area contributed by atoms with Gasteiger partial charge in [-0.25, -0.2) is 0 Å². The Bertz CT molecular complexity index is 873. The van der Waals surface area contributed by atoms with Gasteiger partial charge >= 0.3 is 0 Å². The lowest BCUT2D eigenvalue weighted by Gasteiger charge is -2.07. The molecule has 0 unspecified atom stereocenters. The minimum Gasteiger partial charge on any atom is -0.451 e. The molecule has 0 aliphatic rings. The van der Waals surface area contributed by atoms with E-state index in [1.165, 1.54) is 11.1 Å². The molecule has 0 atom stereocenters. The molecule has 124 valence electrons. The molecule has 0 aliphatic heterocycles. The molecule has 1 N–H and O–H groups in total. The Morgan fingerprint density at radius 1 is 1.12 bits per heavy atom. The van der Waals surface area contributed by atoms with Crippen LogP contribution in [0.15, 0.2) is 46.9 Å². The van der Waals surface area contributed by atoms with E-state index in [1.54, 1.807) is 0 Å². The molecule has 3 nitrogen and oxygen atoms in total. The van der Waals surface area contributed by atoms with E-state index in [4.69, 9.17) is 4.42 Å². The van der Waals surface area contributed by atoms with Gasteiger partial charge < -0.3 is 9.73 Å². The molecule has 24 heavy (non-hydrogen) atoms. The number of carbonyl (C=O) groups excluding carboxylic acids is 1. The zero-order valence-electron chi connectivity index (χ0n) is 14.6. The molecule has 0 bridgehead atoms. The van der Waals surface area contributed by atoms with E-state index in [2.05, 4.69) is 32.2 Å². The van der Waals surface area contributed by atoms with Crippen LogP contribution in [0.5, 0.6) is 0 Å². The molecule has 0 spiro atoms. The van der Waals surface area contributed by atoms with Crippen molar-refractivity contribution in [3.63, 3.8) is 0 Å². The lowest BCUT2D eigenvalue weighted by atomic mass is 10.0. The van der Waals surface area contributed by atoms with Crippen LogP contribution < -0.4 is 5.32 Å². The predicted molar refractivity (Wildman–Crippen MR) is 98.8 cm³/mol. The van der Waals surface area contributed by atoms with E-state index in [-0.39, 0.29) is 5.91 Å². The van der Waals surface area contributed by atoms with Crippen LogP contribution in [-0.2, 0) is 6.42 Å². The predicted octanol–water partition coefficient (Wildman–Crippen LogP) is 5.68. The topological polar surface area (TPSA) is 42.2 Å². The number of fused-ring (bicyclic) bond motifs is 1. The number of anilines is 1. The van der Waals surface area contributed by atoms with Crippen molar-refractivity contribution in [2.45, 2.75) is 40.0 Å². The Labute approximate surface area is 142 Å². The van der Waals surface area contributed by atoms with Crippen molar-refractivity contribution in [3.8, 4) is 0 Å². The van der Waals surface area contributed by atoms with Gasteiger partial charge in [0.25, 0.3) is 5.91 Å². The van der Waals surface area contributed by atoms with Crippen molar-refractivity contribution >= 4 is 22.6 Å². The fraction of sp³-hybridized carbons (Fsp3) is 0.286. The standard InChI is InChI=1S/C21H23NO2/c1-5-15-6-11-19-18(12-15)14(4)20(24-19)21(23)22-17-9-7-16(8-10-17)13(2)3/h6-13H,5H2,1-4H3,(H,22,23). The van der Waals surface area contributed by atoms with Crippen molar-refractivity contribution in [2.75, 3.05) is 5.32 Å². The summed E-state index contributed by atoms with van der Waals surface area (Å²) in [6.07, 6.45) is 0.963. The Morgan fingerprint density at radius 3 is 2.46 bits per heavy atom. The van der Waals surface area contributed by atoms with Crippen molar-refractivity contribution in [2.24, 2.45) is 0 Å². The summed E-state index contributed by atoms with van der Waals surface area (Å²) in [6.45, 7) is 8.35. The summed E-state index contributed by atoms with van der Waals surface area (Å²) < 4.78 is 5.78. The van der Waals surface area contributed by atoms with E-state index >= 15 is 0 Å². The minimum atomic E-state index is -0.209. The molecule has 3 heteroatoms. The highest BCUT2D eigenvalue weighted by molar-refractivity contribution is 6.06. The molecule has 0 saturated carbocycles. The molecular formula is C21H23NO2. The lowest BCUT2D eigenvalue weighted by molar-refractivity contribution is 0.0998. The molecule has 3 aromatic rings. The van der Waals surface area contributed by atoms with Gasteiger partial charge in [0.1, 0.15) is 5.58 Å². The quantitative estimate of drug-likeness (QED) is 0.671. The first-order valence-electron chi connectivity index (χ1n) is 8.43. The summed E-state index contributed by atoms with van der Waals surface area (Å²) in [5, 5.41) is 3.93. The normalized spacial score (nSPS) is 11.2. The highest BCUT2D eigenvalue weighted by atomic mass is 16.3. The van der Waals surface area contributed by atoms with Gasteiger partial charge in [0.05, 0.1) is 0 Å². The van der Waals surface area contributed by atoms with E-state index < -0.39 is 0 Å². The maximum absolute atomic E-state index is 12.6. The number of hydrogen-bond acceptors (Lipinski definition) is 2. The van der Waals surface area contributed by atoms with Crippen LogP contribution in [0.2, 0.25) is 0 Å². The number of aryl methyl sites for hydroxylation is 2.